The molecule has 2 aliphatic rings. The van der Waals surface area contributed by atoms with E-state index in [2.05, 4.69) is 65.1 Å². The van der Waals surface area contributed by atoms with Gasteiger partial charge in [0.1, 0.15) is 27.1 Å². The maximum absolute atomic E-state index is 15.1. The first-order chi connectivity index (χ1) is 21.2. The fourth-order valence-corrected chi connectivity index (χ4v) is 7.65. The Morgan fingerprint density at radius 2 is 1.80 bits per heavy atom. The second-order valence-electron chi connectivity index (χ2n) is 14.4. The molecule has 14 heteroatoms. The number of aromatic nitrogens is 3. The van der Waals surface area contributed by atoms with E-state index < -0.39 is 40.0 Å². The number of rotatable bonds is 10. The third-order valence-corrected chi connectivity index (χ3v) is 10.6. The highest BCUT2D eigenvalue weighted by molar-refractivity contribution is 7.90. The molecule has 0 radical (unpaired) electrons. The van der Waals surface area contributed by atoms with Crippen LogP contribution in [-0.2, 0) is 20.0 Å². The SMILES string of the molecule is CC(C)C(C)(c1ccnc(Nc2ccnc(N3CCC(NC(=O)OC(C)(C)C)C(F)(F)C3)n2)c1)[C@H](C)N1C[C@H](CS(C)(=O)=O)[C@H]1C. The van der Waals surface area contributed by atoms with Gasteiger partial charge in [0.05, 0.1) is 18.3 Å². The van der Waals surface area contributed by atoms with E-state index in [1.807, 2.05) is 12.1 Å². The first-order valence-electron chi connectivity index (χ1n) is 15.8. The quantitative estimate of drug-likeness (QED) is 0.357. The molecule has 0 spiro atoms. The van der Waals surface area contributed by atoms with Crippen molar-refractivity contribution in [1.29, 1.82) is 0 Å². The highest BCUT2D eigenvalue weighted by atomic mass is 32.2. The first-order valence-corrected chi connectivity index (χ1v) is 17.9. The number of alkyl halides is 2. The van der Waals surface area contributed by atoms with Crippen LogP contribution in [0.4, 0.5) is 31.2 Å². The molecule has 0 saturated carbocycles. The Morgan fingerprint density at radius 3 is 2.39 bits per heavy atom. The van der Waals surface area contributed by atoms with Crippen LogP contribution in [0, 0.1) is 11.8 Å². The highest BCUT2D eigenvalue weighted by Crippen LogP contribution is 2.42. The first kappa shape index (κ1) is 35.7. The minimum absolute atomic E-state index is 0.00648. The molecule has 0 aliphatic carbocycles. The Bertz CT molecular complexity index is 1500. The van der Waals surface area contributed by atoms with Crippen LogP contribution in [0.25, 0.3) is 0 Å². The number of pyridine rings is 1. The summed E-state index contributed by atoms with van der Waals surface area (Å²) in [5.74, 6) is -1.56. The van der Waals surface area contributed by atoms with Crippen LogP contribution in [-0.4, -0.2) is 95.7 Å². The molecule has 0 aromatic carbocycles. The molecule has 11 nitrogen and oxygen atoms in total. The molecule has 1 amide bonds. The summed E-state index contributed by atoms with van der Waals surface area (Å²) in [6, 6.07) is 4.54. The summed E-state index contributed by atoms with van der Waals surface area (Å²) in [6.45, 7) is 16.2. The zero-order valence-corrected chi connectivity index (χ0v) is 29.2. The van der Waals surface area contributed by atoms with Gasteiger partial charge in [0.15, 0.2) is 0 Å². The van der Waals surface area contributed by atoms with Crippen molar-refractivity contribution in [2.75, 3.05) is 41.9 Å². The summed E-state index contributed by atoms with van der Waals surface area (Å²) in [7, 11) is -3.05. The second kappa shape index (κ2) is 13.2. The van der Waals surface area contributed by atoms with Crippen LogP contribution in [0.15, 0.2) is 30.6 Å². The molecular weight excluding hydrogens is 616 g/mol. The molecule has 0 bridgehead atoms. The zero-order chi connectivity index (χ0) is 34.2. The van der Waals surface area contributed by atoms with Gasteiger partial charge in [0.25, 0.3) is 5.92 Å². The van der Waals surface area contributed by atoms with Gasteiger partial charge in [-0.25, -0.2) is 32.0 Å². The number of likely N-dealkylation sites (tertiary alicyclic amines) is 1. The predicted molar refractivity (Wildman–Crippen MR) is 176 cm³/mol. The summed E-state index contributed by atoms with van der Waals surface area (Å²) >= 11 is 0. The number of alkyl carbamates (subject to hydrolysis) is 1. The number of piperidine rings is 1. The van der Waals surface area contributed by atoms with E-state index in [0.29, 0.717) is 11.6 Å². The lowest BCUT2D eigenvalue weighted by atomic mass is 9.66. The van der Waals surface area contributed by atoms with Crippen LogP contribution in [0.3, 0.4) is 0 Å². The number of carbonyl (C=O) groups excluding carboxylic acids is 1. The summed E-state index contributed by atoms with van der Waals surface area (Å²) in [5, 5.41) is 5.54. The maximum atomic E-state index is 15.1. The molecule has 256 valence electrons. The van der Waals surface area contributed by atoms with Crippen LogP contribution in [0.2, 0.25) is 0 Å². The van der Waals surface area contributed by atoms with E-state index in [0.717, 1.165) is 12.1 Å². The predicted octanol–water partition coefficient (Wildman–Crippen LogP) is 5.02. The number of carbonyl (C=O) groups is 1. The average molecular weight is 666 g/mol. The maximum Gasteiger partial charge on any atom is 0.408 e. The minimum Gasteiger partial charge on any atom is -0.444 e. The van der Waals surface area contributed by atoms with E-state index in [1.54, 1.807) is 33.0 Å². The standard InChI is InChI=1S/C32H49F2N7O4S/c1-20(2)31(8,22(4)41-17-23(21(41)3)18-46(9,43)44)24-10-13-35-27(16-24)38-26-11-14-36-28(39-26)40-15-12-25(32(33,34)19-40)37-29(42)45-30(5,6)7/h10-11,13-14,16,20-23,25H,12,15,17-19H2,1-9H3,(H,37,42)(H,35,36,38,39)/t21-,22+,23-,25?,31?/m1/s1. The Kier molecular flexibility index (Phi) is 10.2. The van der Waals surface area contributed by atoms with Gasteiger partial charge in [-0.2, -0.15) is 4.98 Å². The topological polar surface area (TPSA) is 130 Å². The summed E-state index contributed by atoms with van der Waals surface area (Å²) in [4.78, 5) is 29.2. The molecule has 4 heterocycles. The average Bonchev–Trinajstić information content (AvgIpc) is 2.93. The number of nitrogens with one attached hydrogen (secondary N) is 2. The molecule has 2 N–H and O–H groups in total. The van der Waals surface area contributed by atoms with E-state index in [1.165, 1.54) is 17.4 Å². The molecule has 2 aromatic heterocycles. The number of ether oxygens (including phenoxy) is 1. The molecule has 2 saturated heterocycles. The van der Waals surface area contributed by atoms with Gasteiger partial charge >= 0.3 is 6.09 Å². The van der Waals surface area contributed by atoms with E-state index in [-0.39, 0.29) is 54.0 Å². The molecule has 2 unspecified atom stereocenters. The van der Waals surface area contributed by atoms with Crippen LogP contribution < -0.4 is 15.5 Å². The van der Waals surface area contributed by atoms with Crippen LogP contribution in [0.1, 0.15) is 67.4 Å². The van der Waals surface area contributed by atoms with E-state index in [4.69, 9.17) is 4.74 Å². The molecule has 2 aliphatic heterocycles. The van der Waals surface area contributed by atoms with Gasteiger partial charge in [0.2, 0.25) is 5.95 Å². The van der Waals surface area contributed by atoms with Crippen molar-refractivity contribution < 1.29 is 26.7 Å². The Morgan fingerprint density at radius 1 is 1.13 bits per heavy atom. The number of amides is 1. The van der Waals surface area contributed by atoms with E-state index >= 15 is 8.78 Å². The number of nitrogens with zero attached hydrogens (tertiary/aromatic N) is 5. The van der Waals surface area contributed by atoms with Crippen LogP contribution >= 0.6 is 0 Å². The van der Waals surface area contributed by atoms with Crippen molar-refractivity contribution >= 4 is 33.5 Å². The number of hydrogen-bond donors (Lipinski definition) is 2. The molecule has 46 heavy (non-hydrogen) atoms. The van der Waals surface area contributed by atoms with Crippen molar-refractivity contribution in [3.8, 4) is 0 Å². The number of hydrogen-bond acceptors (Lipinski definition) is 10. The summed E-state index contributed by atoms with van der Waals surface area (Å²) < 4.78 is 59.2. The minimum atomic E-state index is -3.23. The highest BCUT2D eigenvalue weighted by Gasteiger charge is 2.48. The van der Waals surface area contributed by atoms with Crippen molar-refractivity contribution in [3.63, 3.8) is 0 Å². The molecule has 5 atom stereocenters. The largest absolute Gasteiger partial charge is 0.444 e. The third-order valence-electron chi connectivity index (χ3n) is 9.59. The smallest absolute Gasteiger partial charge is 0.408 e. The Hall–Kier alpha value is -3.13. The van der Waals surface area contributed by atoms with Crippen molar-refractivity contribution in [1.82, 2.24) is 25.2 Å². The zero-order valence-electron chi connectivity index (χ0n) is 28.3. The molecular formula is C32H49F2N7O4S. The lowest BCUT2D eigenvalue weighted by Crippen LogP contribution is -2.64. The fourth-order valence-electron chi connectivity index (χ4n) is 6.49. The van der Waals surface area contributed by atoms with Gasteiger partial charge in [-0.3, -0.25) is 4.90 Å². The van der Waals surface area contributed by atoms with Crippen molar-refractivity contribution in [2.45, 2.75) is 96.9 Å². The lowest BCUT2D eigenvalue weighted by Gasteiger charge is -2.55. The number of sulfone groups is 1. The molecule has 2 aromatic rings. The lowest BCUT2D eigenvalue weighted by molar-refractivity contribution is -0.0461. The summed E-state index contributed by atoms with van der Waals surface area (Å²) in [6.07, 6.45) is 3.66. The number of halogens is 2. The normalized spacial score (nSPS) is 24.1. The fraction of sp³-hybridized carbons (Fsp3) is 0.688. The Labute approximate surface area is 271 Å². The van der Waals surface area contributed by atoms with E-state index in [9.17, 15) is 13.2 Å². The second-order valence-corrected chi connectivity index (χ2v) is 16.6. The van der Waals surface area contributed by atoms with Gasteiger partial charge in [-0.1, -0.05) is 20.8 Å². The van der Waals surface area contributed by atoms with Gasteiger partial charge in [-0.15, -0.1) is 0 Å². The van der Waals surface area contributed by atoms with Gasteiger partial charge < -0.3 is 20.3 Å². The van der Waals surface area contributed by atoms with Crippen molar-refractivity contribution in [3.05, 3.63) is 36.2 Å². The van der Waals surface area contributed by atoms with Crippen LogP contribution in [0.5, 0.6) is 0 Å². The summed E-state index contributed by atoms with van der Waals surface area (Å²) in [5.41, 5.74) is -0.0107. The molecule has 4 rings (SSSR count). The van der Waals surface area contributed by atoms with Gasteiger partial charge in [-0.05, 0) is 70.7 Å². The number of anilines is 3. The van der Waals surface area contributed by atoms with Gasteiger partial charge in [0, 0.05) is 55.2 Å². The molecule has 2 fully saturated rings. The monoisotopic (exact) mass is 665 g/mol. The Balaban J connectivity index is 1.46. The third kappa shape index (κ3) is 8.23. The van der Waals surface area contributed by atoms with Crippen molar-refractivity contribution in [2.24, 2.45) is 11.8 Å².